The fourth-order valence-corrected chi connectivity index (χ4v) is 2.82. The molecule has 0 aliphatic carbocycles. The third-order valence-electron chi connectivity index (χ3n) is 2.21. The fraction of sp³-hybridized carbons (Fsp3) is 0.500. The molecule has 0 unspecified atom stereocenters. The normalized spacial score (nSPS) is 11.6. The van der Waals surface area contributed by atoms with E-state index in [-0.39, 0.29) is 5.75 Å². The minimum atomic E-state index is -3.24. The number of rotatable bonds is 9. The lowest BCUT2D eigenvalue weighted by atomic mass is 10.2. The number of benzene rings is 1. The van der Waals surface area contributed by atoms with Crippen LogP contribution in [0.1, 0.15) is 12.0 Å². The van der Waals surface area contributed by atoms with Gasteiger partial charge in [0.05, 0.1) is 12.4 Å². The van der Waals surface area contributed by atoms with E-state index in [1.54, 1.807) is 12.1 Å². The van der Waals surface area contributed by atoms with Crippen molar-refractivity contribution in [3.05, 3.63) is 35.9 Å². The molecule has 0 bridgehead atoms. The summed E-state index contributed by atoms with van der Waals surface area (Å²) in [7, 11) is -3.24. The van der Waals surface area contributed by atoms with E-state index in [0.717, 1.165) is 10.9 Å². The van der Waals surface area contributed by atoms with Gasteiger partial charge >= 0.3 is 0 Å². The SMILES string of the molecule is O=S(=O)(Cc1ccccc1)NCCCOCCBr. The Labute approximate surface area is 117 Å². The van der Waals surface area contributed by atoms with Crippen molar-refractivity contribution in [2.75, 3.05) is 25.1 Å². The first kappa shape index (κ1) is 15.6. The molecule has 0 atom stereocenters. The summed E-state index contributed by atoms with van der Waals surface area (Å²) in [6, 6.07) is 9.14. The van der Waals surface area contributed by atoms with Crippen molar-refractivity contribution >= 4 is 26.0 Å². The number of ether oxygens (including phenoxy) is 1. The van der Waals surface area contributed by atoms with Crippen LogP contribution in [0.25, 0.3) is 0 Å². The molecule has 4 nitrogen and oxygen atoms in total. The number of sulfonamides is 1. The van der Waals surface area contributed by atoms with Crippen LogP contribution < -0.4 is 4.72 Å². The van der Waals surface area contributed by atoms with Gasteiger partial charge < -0.3 is 4.74 Å². The van der Waals surface area contributed by atoms with Crippen LogP contribution in [0.4, 0.5) is 0 Å². The highest BCUT2D eigenvalue weighted by molar-refractivity contribution is 9.09. The Morgan fingerprint density at radius 1 is 1.17 bits per heavy atom. The monoisotopic (exact) mass is 335 g/mol. The van der Waals surface area contributed by atoms with Gasteiger partial charge in [-0.15, -0.1) is 0 Å². The van der Waals surface area contributed by atoms with Crippen LogP contribution in [-0.4, -0.2) is 33.5 Å². The predicted octanol–water partition coefficient (Wildman–Crippen LogP) is 1.91. The number of halogens is 1. The van der Waals surface area contributed by atoms with E-state index >= 15 is 0 Å². The Hall–Kier alpha value is -0.430. The lowest BCUT2D eigenvalue weighted by molar-refractivity contribution is 0.149. The maximum atomic E-state index is 11.7. The highest BCUT2D eigenvalue weighted by Gasteiger charge is 2.09. The smallest absolute Gasteiger partial charge is 0.215 e. The lowest BCUT2D eigenvalue weighted by Gasteiger charge is -2.07. The van der Waals surface area contributed by atoms with Crippen LogP contribution in [0.2, 0.25) is 0 Å². The van der Waals surface area contributed by atoms with Crippen LogP contribution in [0.15, 0.2) is 30.3 Å². The number of hydrogen-bond acceptors (Lipinski definition) is 3. The summed E-state index contributed by atoms with van der Waals surface area (Å²) in [6.45, 7) is 1.63. The second-order valence-corrected chi connectivity index (χ2v) is 6.39. The minimum absolute atomic E-state index is 0.0239. The number of hydrogen-bond donors (Lipinski definition) is 1. The molecule has 1 N–H and O–H groups in total. The third kappa shape index (κ3) is 7.10. The van der Waals surface area contributed by atoms with Gasteiger partial charge in [-0.3, -0.25) is 0 Å². The molecule has 0 amide bonds. The Kier molecular flexibility index (Phi) is 7.50. The summed E-state index contributed by atoms with van der Waals surface area (Å²) in [4.78, 5) is 0. The second-order valence-electron chi connectivity index (χ2n) is 3.79. The van der Waals surface area contributed by atoms with Crippen molar-refractivity contribution in [2.24, 2.45) is 0 Å². The van der Waals surface area contributed by atoms with Crippen LogP contribution in [-0.2, 0) is 20.5 Å². The van der Waals surface area contributed by atoms with Gasteiger partial charge in [0.15, 0.2) is 0 Å². The molecule has 0 aliphatic heterocycles. The second kappa shape index (κ2) is 8.63. The predicted molar refractivity (Wildman–Crippen MR) is 76.3 cm³/mol. The summed E-state index contributed by atoms with van der Waals surface area (Å²) in [5.41, 5.74) is 0.792. The van der Waals surface area contributed by atoms with Crippen LogP contribution in [0, 0.1) is 0 Å². The molecular weight excluding hydrogens is 318 g/mol. The summed E-state index contributed by atoms with van der Waals surface area (Å²) < 4.78 is 31.3. The largest absolute Gasteiger partial charge is 0.381 e. The standard InChI is InChI=1S/C12H18BrNO3S/c13-7-10-17-9-4-8-14-18(15,16)11-12-5-2-1-3-6-12/h1-3,5-6,14H,4,7-11H2. The van der Waals surface area contributed by atoms with Crippen molar-refractivity contribution in [3.8, 4) is 0 Å². The van der Waals surface area contributed by atoms with Crippen molar-refractivity contribution in [2.45, 2.75) is 12.2 Å². The molecule has 1 aromatic rings. The maximum Gasteiger partial charge on any atom is 0.215 e. The molecule has 0 radical (unpaired) electrons. The van der Waals surface area contributed by atoms with Crippen molar-refractivity contribution < 1.29 is 13.2 Å². The van der Waals surface area contributed by atoms with E-state index in [4.69, 9.17) is 4.74 Å². The molecule has 1 aromatic carbocycles. The summed E-state index contributed by atoms with van der Waals surface area (Å²) in [6.07, 6.45) is 0.682. The van der Waals surface area contributed by atoms with Gasteiger partial charge in [0.1, 0.15) is 0 Å². The average molecular weight is 336 g/mol. The zero-order valence-electron chi connectivity index (χ0n) is 10.1. The van der Waals surface area contributed by atoms with Crippen LogP contribution in [0.5, 0.6) is 0 Å². The molecule has 6 heteroatoms. The quantitative estimate of drug-likeness (QED) is 0.554. The van der Waals surface area contributed by atoms with E-state index in [1.807, 2.05) is 18.2 Å². The Morgan fingerprint density at radius 2 is 1.89 bits per heavy atom. The minimum Gasteiger partial charge on any atom is -0.381 e. The van der Waals surface area contributed by atoms with Gasteiger partial charge in [0, 0.05) is 18.5 Å². The zero-order valence-corrected chi connectivity index (χ0v) is 12.5. The van der Waals surface area contributed by atoms with Gasteiger partial charge in [0.25, 0.3) is 0 Å². The topological polar surface area (TPSA) is 55.4 Å². The van der Waals surface area contributed by atoms with E-state index < -0.39 is 10.0 Å². The first-order valence-corrected chi connectivity index (χ1v) is 8.56. The molecule has 18 heavy (non-hydrogen) atoms. The first-order chi connectivity index (χ1) is 8.64. The van der Waals surface area contributed by atoms with E-state index in [0.29, 0.717) is 26.2 Å². The molecule has 0 aliphatic rings. The molecule has 102 valence electrons. The van der Waals surface area contributed by atoms with Gasteiger partial charge in [-0.2, -0.15) is 0 Å². The fourth-order valence-electron chi connectivity index (χ4n) is 1.40. The Balaban J connectivity index is 2.24. The van der Waals surface area contributed by atoms with Crippen molar-refractivity contribution in [1.29, 1.82) is 0 Å². The van der Waals surface area contributed by atoms with Crippen molar-refractivity contribution in [1.82, 2.24) is 4.72 Å². The highest BCUT2D eigenvalue weighted by atomic mass is 79.9. The summed E-state index contributed by atoms with van der Waals surface area (Å²) in [5, 5.41) is 0.798. The number of alkyl halides is 1. The highest BCUT2D eigenvalue weighted by Crippen LogP contribution is 2.03. The summed E-state index contributed by atoms with van der Waals surface area (Å²) >= 11 is 3.25. The van der Waals surface area contributed by atoms with Crippen LogP contribution >= 0.6 is 15.9 Å². The molecule has 0 fully saturated rings. The van der Waals surface area contributed by atoms with Gasteiger partial charge in [-0.1, -0.05) is 46.3 Å². The van der Waals surface area contributed by atoms with Gasteiger partial charge in [-0.25, -0.2) is 13.1 Å². The molecule has 0 aromatic heterocycles. The van der Waals surface area contributed by atoms with E-state index in [9.17, 15) is 8.42 Å². The molecule has 0 saturated carbocycles. The molecule has 1 rings (SSSR count). The summed E-state index contributed by atoms with van der Waals surface area (Å²) in [5.74, 6) is 0.0239. The maximum absolute atomic E-state index is 11.7. The Bertz CT molecular complexity index is 422. The van der Waals surface area contributed by atoms with Gasteiger partial charge in [0.2, 0.25) is 10.0 Å². The average Bonchev–Trinajstić information content (AvgIpc) is 2.34. The number of nitrogens with one attached hydrogen (secondary N) is 1. The van der Waals surface area contributed by atoms with Gasteiger partial charge in [-0.05, 0) is 12.0 Å². The third-order valence-corrected chi connectivity index (χ3v) is 3.89. The molecular formula is C12H18BrNO3S. The molecule has 0 saturated heterocycles. The lowest BCUT2D eigenvalue weighted by Crippen LogP contribution is -2.26. The van der Waals surface area contributed by atoms with E-state index in [1.165, 1.54) is 0 Å². The molecule has 0 spiro atoms. The van der Waals surface area contributed by atoms with Crippen molar-refractivity contribution in [3.63, 3.8) is 0 Å². The zero-order chi connectivity index (χ0) is 13.3. The first-order valence-electron chi connectivity index (χ1n) is 5.79. The Morgan fingerprint density at radius 3 is 2.56 bits per heavy atom. The molecule has 0 heterocycles. The van der Waals surface area contributed by atoms with E-state index in [2.05, 4.69) is 20.7 Å². The van der Waals surface area contributed by atoms with Crippen LogP contribution in [0.3, 0.4) is 0 Å².